The first-order valence-electron chi connectivity index (χ1n) is 5.91. The predicted molar refractivity (Wildman–Crippen MR) is 73.2 cm³/mol. The summed E-state index contributed by atoms with van der Waals surface area (Å²) >= 11 is 0. The van der Waals surface area contributed by atoms with E-state index in [2.05, 4.69) is 41.5 Å². The highest BCUT2D eigenvalue weighted by Gasteiger charge is 2.17. The molecule has 0 radical (unpaired) electrons. The maximum absolute atomic E-state index is 2.34. The molecule has 0 fully saturated rings. The molecule has 0 unspecified atom stereocenters. The Kier molecular flexibility index (Phi) is 11.2. The zero-order chi connectivity index (χ0) is 10.4. The fourth-order valence-electron chi connectivity index (χ4n) is 2.29. The van der Waals surface area contributed by atoms with Crippen molar-refractivity contribution in [3.8, 4) is 0 Å². The summed E-state index contributed by atoms with van der Waals surface area (Å²) in [5.74, 6) is 2.59. The smallest absolute Gasteiger partial charge is 0.0718 e. The van der Waals surface area contributed by atoms with E-state index in [-0.39, 0.29) is 23.1 Å². The van der Waals surface area contributed by atoms with Crippen molar-refractivity contribution < 1.29 is 0 Å². The van der Waals surface area contributed by atoms with Crippen molar-refractivity contribution in [3.63, 3.8) is 0 Å². The largest absolute Gasteiger partial charge is 0.316 e. The van der Waals surface area contributed by atoms with Crippen LogP contribution >= 0.6 is 0 Å². The molecule has 0 aromatic rings. The normalized spacial score (nSPS) is 10.9. The van der Waals surface area contributed by atoms with Gasteiger partial charge in [0, 0.05) is 0 Å². The second kappa shape index (κ2) is 9.09. The van der Waals surface area contributed by atoms with Crippen molar-refractivity contribution in [1.29, 1.82) is 0 Å². The van der Waals surface area contributed by atoms with E-state index in [1.54, 1.807) is 0 Å². The lowest BCUT2D eigenvalue weighted by atomic mass is 9.38. The molecule has 0 aromatic carbocycles. The Labute approximate surface area is 108 Å². The summed E-state index contributed by atoms with van der Waals surface area (Å²) in [6.45, 7) is 15.0. The van der Waals surface area contributed by atoms with Gasteiger partial charge in [0.15, 0.2) is 0 Å². The standard InChI is InChI=1S/C12H27B.Mg.2H/c1-10(2)7-13(8-11(3)4)9-12(5)6;;;/h10-12H,7-9H2,1-6H3;;;. The second-order valence-corrected chi connectivity index (χ2v) is 5.75. The monoisotopic (exact) mass is 208 g/mol. The zero-order valence-electron chi connectivity index (χ0n) is 10.4. The Bertz CT molecular complexity index is 97.7. The number of rotatable bonds is 6. The first kappa shape index (κ1) is 17.2. The van der Waals surface area contributed by atoms with Gasteiger partial charge < -0.3 is 0 Å². The molecule has 0 saturated carbocycles. The molecule has 0 rings (SSSR count). The van der Waals surface area contributed by atoms with E-state index in [4.69, 9.17) is 0 Å². The lowest BCUT2D eigenvalue weighted by Gasteiger charge is -2.19. The summed E-state index contributed by atoms with van der Waals surface area (Å²) in [4.78, 5) is 0. The van der Waals surface area contributed by atoms with E-state index in [0.29, 0.717) is 0 Å². The molecule has 0 aromatic heterocycles. The minimum absolute atomic E-state index is 0. The lowest BCUT2D eigenvalue weighted by molar-refractivity contribution is 0.659. The van der Waals surface area contributed by atoms with Crippen LogP contribution in [0.25, 0.3) is 0 Å². The molecule has 0 bridgehead atoms. The fourth-order valence-corrected chi connectivity index (χ4v) is 2.29. The van der Waals surface area contributed by atoms with Crippen LogP contribution in [0.5, 0.6) is 0 Å². The molecule has 2 heteroatoms. The Morgan fingerprint density at radius 3 is 1.00 bits per heavy atom. The van der Waals surface area contributed by atoms with Gasteiger partial charge in [-0.25, -0.2) is 0 Å². The van der Waals surface area contributed by atoms with E-state index in [9.17, 15) is 0 Å². The Balaban J connectivity index is 0. The summed E-state index contributed by atoms with van der Waals surface area (Å²) in [5, 5.41) is 0. The number of hydrogen-bond donors (Lipinski definition) is 0. The quantitative estimate of drug-likeness (QED) is 0.586. The highest BCUT2D eigenvalue weighted by atomic mass is 24.3. The van der Waals surface area contributed by atoms with Crippen molar-refractivity contribution in [2.45, 2.75) is 60.5 Å². The lowest BCUT2D eigenvalue weighted by Crippen LogP contribution is -2.19. The summed E-state index contributed by atoms with van der Waals surface area (Å²) in [6.07, 6.45) is 4.24. The van der Waals surface area contributed by atoms with Gasteiger partial charge in [-0.2, -0.15) is 0 Å². The maximum atomic E-state index is 2.34. The minimum atomic E-state index is 0. The van der Waals surface area contributed by atoms with Gasteiger partial charge >= 0.3 is 23.1 Å². The minimum Gasteiger partial charge on any atom is -0.0718 e. The van der Waals surface area contributed by atoms with Crippen LogP contribution < -0.4 is 0 Å². The molecule has 0 saturated heterocycles. The summed E-state index contributed by atoms with van der Waals surface area (Å²) in [6, 6.07) is 0. The first-order chi connectivity index (χ1) is 5.91. The van der Waals surface area contributed by atoms with Crippen molar-refractivity contribution >= 4 is 29.8 Å². The van der Waals surface area contributed by atoms with Crippen LogP contribution in [0.1, 0.15) is 41.5 Å². The maximum Gasteiger partial charge on any atom is 0.316 e. The molecule has 0 amide bonds. The van der Waals surface area contributed by atoms with Gasteiger partial charge in [-0.05, 0) is 0 Å². The van der Waals surface area contributed by atoms with Crippen LogP contribution in [0.4, 0.5) is 0 Å². The average molecular weight is 208 g/mol. The van der Waals surface area contributed by atoms with Crippen molar-refractivity contribution in [2.75, 3.05) is 0 Å². The SMILES string of the molecule is CC(C)CB(CC(C)C)CC(C)C.[MgH2]. The molecule has 0 aliphatic heterocycles. The van der Waals surface area contributed by atoms with Crippen LogP contribution in [0, 0.1) is 17.8 Å². The van der Waals surface area contributed by atoms with Gasteiger partial charge in [-0.1, -0.05) is 78.3 Å². The molecule has 0 heterocycles. The molecular weight excluding hydrogens is 179 g/mol. The number of hydrogen-bond acceptors (Lipinski definition) is 0. The first-order valence-corrected chi connectivity index (χ1v) is 5.91. The average Bonchev–Trinajstić information content (AvgIpc) is 1.80. The van der Waals surface area contributed by atoms with Crippen LogP contribution in [0.2, 0.25) is 19.0 Å². The van der Waals surface area contributed by atoms with Crippen LogP contribution in [-0.4, -0.2) is 29.8 Å². The third kappa shape index (κ3) is 10.9. The summed E-state index contributed by atoms with van der Waals surface area (Å²) in [7, 11) is 0. The van der Waals surface area contributed by atoms with Crippen LogP contribution in [-0.2, 0) is 0 Å². The van der Waals surface area contributed by atoms with E-state index in [1.165, 1.54) is 19.0 Å². The predicted octanol–water partition coefficient (Wildman–Crippen LogP) is 3.53. The van der Waals surface area contributed by atoms with Gasteiger partial charge in [0.05, 0.1) is 0 Å². The molecular formula is C12H29BMg. The molecule has 0 aliphatic rings. The van der Waals surface area contributed by atoms with Crippen LogP contribution in [0.15, 0.2) is 0 Å². The Morgan fingerprint density at radius 1 is 0.643 bits per heavy atom. The van der Waals surface area contributed by atoms with Crippen LogP contribution in [0.3, 0.4) is 0 Å². The van der Waals surface area contributed by atoms with Crippen molar-refractivity contribution in [1.82, 2.24) is 0 Å². The second-order valence-electron chi connectivity index (χ2n) is 5.75. The topological polar surface area (TPSA) is 0 Å². The highest BCUT2D eigenvalue weighted by molar-refractivity contribution is 6.58. The molecule has 0 aliphatic carbocycles. The summed E-state index contributed by atoms with van der Waals surface area (Å²) in [5.41, 5.74) is 0. The molecule has 14 heavy (non-hydrogen) atoms. The van der Waals surface area contributed by atoms with E-state index >= 15 is 0 Å². The molecule has 0 nitrogen and oxygen atoms in total. The van der Waals surface area contributed by atoms with E-state index in [1.807, 2.05) is 0 Å². The molecule has 0 spiro atoms. The molecule has 0 N–H and O–H groups in total. The third-order valence-electron chi connectivity index (χ3n) is 2.41. The molecule has 82 valence electrons. The van der Waals surface area contributed by atoms with E-state index in [0.717, 1.165) is 24.5 Å². The van der Waals surface area contributed by atoms with Crippen molar-refractivity contribution in [3.05, 3.63) is 0 Å². The van der Waals surface area contributed by atoms with E-state index < -0.39 is 0 Å². The van der Waals surface area contributed by atoms with Gasteiger partial charge in [0.1, 0.15) is 6.71 Å². The third-order valence-corrected chi connectivity index (χ3v) is 2.41. The van der Waals surface area contributed by atoms with Gasteiger partial charge in [-0.15, -0.1) is 0 Å². The highest BCUT2D eigenvalue weighted by Crippen LogP contribution is 2.20. The Hall–Kier alpha value is 0.831. The zero-order valence-corrected chi connectivity index (χ0v) is 10.4. The van der Waals surface area contributed by atoms with Gasteiger partial charge in [0.2, 0.25) is 0 Å². The Morgan fingerprint density at radius 2 is 0.857 bits per heavy atom. The van der Waals surface area contributed by atoms with Gasteiger partial charge in [-0.3, -0.25) is 0 Å². The fraction of sp³-hybridized carbons (Fsp3) is 1.00. The summed E-state index contributed by atoms with van der Waals surface area (Å²) < 4.78 is 0. The molecule has 0 atom stereocenters. The van der Waals surface area contributed by atoms with Gasteiger partial charge in [0.25, 0.3) is 0 Å². The van der Waals surface area contributed by atoms with Crippen molar-refractivity contribution in [2.24, 2.45) is 17.8 Å².